The van der Waals surface area contributed by atoms with Crippen LogP contribution in [0, 0.1) is 0 Å². The molecule has 0 aliphatic heterocycles. The number of rotatable bonds is 8. The van der Waals surface area contributed by atoms with Crippen LogP contribution in [0.15, 0.2) is 59.7 Å². The van der Waals surface area contributed by atoms with Gasteiger partial charge < -0.3 is 0 Å². The SMILES string of the molecule is CCc1cccc(CC)c1-n1cnc(N(CC)OCc2ccccc2)nc1=O. The Balaban J connectivity index is 1.89. The molecule has 6 heteroatoms. The van der Waals surface area contributed by atoms with Crippen molar-refractivity contribution in [2.75, 3.05) is 11.6 Å². The lowest BCUT2D eigenvalue weighted by Crippen LogP contribution is -2.31. The average molecular weight is 378 g/mol. The lowest BCUT2D eigenvalue weighted by atomic mass is 10.0. The highest BCUT2D eigenvalue weighted by atomic mass is 16.7. The molecular formula is C22H26N4O2. The molecule has 2 aromatic carbocycles. The molecule has 0 bridgehead atoms. The van der Waals surface area contributed by atoms with Gasteiger partial charge in [0.15, 0.2) is 0 Å². The molecule has 0 radical (unpaired) electrons. The van der Waals surface area contributed by atoms with Crippen LogP contribution in [0.1, 0.15) is 37.5 Å². The van der Waals surface area contributed by atoms with E-state index in [1.165, 1.54) is 4.57 Å². The number of benzene rings is 2. The van der Waals surface area contributed by atoms with Gasteiger partial charge in [-0.25, -0.2) is 14.8 Å². The van der Waals surface area contributed by atoms with Gasteiger partial charge in [0, 0.05) is 6.54 Å². The molecule has 0 saturated carbocycles. The molecule has 1 aromatic heterocycles. The normalized spacial score (nSPS) is 10.8. The summed E-state index contributed by atoms with van der Waals surface area (Å²) in [5.74, 6) is 0.270. The number of anilines is 1. The number of hydroxylamine groups is 1. The third-order valence-corrected chi connectivity index (χ3v) is 4.64. The zero-order valence-corrected chi connectivity index (χ0v) is 16.6. The lowest BCUT2D eigenvalue weighted by Gasteiger charge is -2.20. The molecule has 0 atom stereocenters. The lowest BCUT2D eigenvalue weighted by molar-refractivity contribution is 0.0932. The van der Waals surface area contributed by atoms with Gasteiger partial charge in [0.05, 0.1) is 5.69 Å². The summed E-state index contributed by atoms with van der Waals surface area (Å²) in [5.41, 5.74) is 3.77. The summed E-state index contributed by atoms with van der Waals surface area (Å²) in [6, 6.07) is 16.0. The standard InChI is InChI=1S/C22H26N4O2/c1-4-18-13-10-14-19(5-2)20(18)25-16-23-21(24-22(25)27)26(6-3)28-15-17-11-8-7-9-12-17/h7-14,16H,4-6,15H2,1-3H3. The average Bonchev–Trinajstić information content (AvgIpc) is 2.74. The Morgan fingerprint density at radius 3 is 2.21 bits per heavy atom. The Hall–Kier alpha value is -2.99. The van der Waals surface area contributed by atoms with Crippen LogP contribution in [0.4, 0.5) is 5.95 Å². The summed E-state index contributed by atoms with van der Waals surface area (Å²) < 4.78 is 1.53. The van der Waals surface area contributed by atoms with E-state index in [9.17, 15) is 4.79 Å². The minimum absolute atomic E-state index is 0.270. The monoisotopic (exact) mass is 378 g/mol. The number of hydrogen-bond donors (Lipinski definition) is 0. The van der Waals surface area contributed by atoms with Gasteiger partial charge in [-0.3, -0.25) is 9.40 Å². The van der Waals surface area contributed by atoms with Gasteiger partial charge >= 0.3 is 5.69 Å². The molecule has 0 aliphatic carbocycles. The molecule has 0 amide bonds. The summed E-state index contributed by atoms with van der Waals surface area (Å²) >= 11 is 0. The van der Waals surface area contributed by atoms with Crippen LogP contribution in [-0.2, 0) is 24.3 Å². The van der Waals surface area contributed by atoms with E-state index >= 15 is 0 Å². The molecular weight excluding hydrogens is 352 g/mol. The first kappa shape index (κ1) is 19.8. The van der Waals surface area contributed by atoms with Crippen LogP contribution in [0.25, 0.3) is 5.69 Å². The van der Waals surface area contributed by atoms with E-state index in [0.717, 1.165) is 35.2 Å². The molecule has 6 nitrogen and oxygen atoms in total. The number of hydrogen-bond acceptors (Lipinski definition) is 5. The molecule has 0 spiro atoms. The van der Waals surface area contributed by atoms with Gasteiger partial charge in [0.1, 0.15) is 12.9 Å². The predicted octanol–water partition coefficient (Wildman–Crippen LogP) is 3.71. The van der Waals surface area contributed by atoms with E-state index in [0.29, 0.717) is 13.2 Å². The van der Waals surface area contributed by atoms with Crippen molar-refractivity contribution < 1.29 is 4.84 Å². The van der Waals surface area contributed by atoms with Crippen molar-refractivity contribution in [3.05, 3.63) is 82.0 Å². The summed E-state index contributed by atoms with van der Waals surface area (Å²) in [6.45, 7) is 7.01. The van der Waals surface area contributed by atoms with Crippen molar-refractivity contribution in [2.24, 2.45) is 0 Å². The van der Waals surface area contributed by atoms with Crippen molar-refractivity contribution in [3.63, 3.8) is 0 Å². The van der Waals surface area contributed by atoms with Gasteiger partial charge in [-0.15, -0.1) is 0 Å². The zero-order valence-electron chi connectivity index (χ0n) is 16.6. The first-order valence-electron chi connectivity index (χ1n) is 9.69. The third-order valence-electron chi connectivity index (χ3n) is 4.64. The minimum Gasteiger partial charge on any atom is -0.266 e. The maximum absolute atomic E-state index is 12.8. The molecule has 28 heavy (non-hydrogen) atoms. The van der Waals surface area contributed by atoms with E-state index in [2.05, 4.69) is 23.8 Å². The topological polar surface area (TPSA) is 60.3 Å². The molecule has 3 aromatic rings. The van der Waals surface area contributed by atoms with Crippen molar-refractivity contribution in [1.29, 1.82) is 0 Å². The molecule has 0 saturated heterocycles. The molecule has 0 aliphatic rings. The van der Waals surface area contributed by atoms with Crippen LogP contribution in [0.2, 0.25) is 0 Å². The van der Waals surface area contributed by atoms with Gasteiger partial charge in [-0.05, 0) is 36.5 Å². The van der Waals surface area contributed by atoms with Crippen molar-refractivity contribution in [1.82, 2.24) is 14.5 Å². The summed E-state index contributed by atoms with van der Waals surface area (Å²) in [4.78, 5) is 27.2. The summed E-state index contributed by atoms with van der Waals surface area (Å²) in [7, 11) is 0. The maximum atomic E-state index is 12.8. The van der Waals surface area contributed by atoms with Gasteiger partial charge in [-0.2, -0.15) is 4.98 Å². The molecule has 1 heterocycles. The molecule has 0 fully saturated rings. The van der Waals surface area contributed by atoms with Crippen LogP contribution in [-0.4, -0.2) is 21.1 Å². The first-order chi connectivity index (χ1) is 13.7. The summed E-state index contributed by atoms with van der Waals surface area (Å²) in [5, 5.41) is 1.55. The van der Waals surface area contributed by atoms with E-state index < -0.39 is 0 Å². The molecule has 3 rings (SSSR count). The van der Waals surface area contributed by atoms with Gasteiger partial charge in [-0.1, -0.05) is 62.4 Å². The molecule has 0 N–H and O–H groups in total. The second-order valence-corrected chi connectivity index (χ2v) is 6.39. The van der Waals surface area contributed by atoms with Crippen LogP contribution in [0.5, 0.6) is 0 Å². The Kier molecular flexibility index (Phi) is 6.55. The second kappa shape index (κ2) is 9.28. The molecule has 146 valence electrons. The smallest absolute Gasteiger partial charge is 0.266 e. The highest BCUT2D eigenvalue weighted by Gasteiger charge is 2.15. The zero-order chi connectivity index (χ0) is 19.9. The Labute approximate surface area is 165 Å². The van der Waals surface area contributed by atoms with Crippen molar-refractivity contribution >= 4 is 5.95 Å². The third kappa shape index (κ3) is 4.28. The minimum atomic E-state index is -0.359. The number of nitrogens with zero attached hydrogens (tertiary/aromatic N) is 4. The fourth-order valence-electron chi connectivity index (χ4n) is 3.14. The van der Waals surface area contributed by atoms with Gasteiger partial charge in [0.2, 0.25) is 0 Å². The highest BCUT2D eigenvalue weighted by molar-refractivity contribution is 5.48. The van der Waals surface area contributed by atoms with Crippen molar-refractivity contribution in [3.8, 4) is 5.69 Å². The number of aryl methyl sites for hydroxylation is 2. The van der Waals surface area contributed by atoms with Crippen LogP contribution < -0.4 is 10.8 Å². The fraction of sp³-hybridized carbons (Fsp3) is 0.318. The number of aromatic nitrogens is 3. The Morgan fingerprint density at radius 1 is 0.964 bits per heavy atom. The van der Waals surface area contributed by atoms with E-state index in [1.807, 2.05) is 55.5 Å². The highest BCUT2D eigenvalue weighted by Crippen LogP contribution is 2.20. The first-order valence-corrected chi connectivity index (χ1v) is 9.69. The predicted molar refractivity (Wildman–Crippen MR) is 111 cm³/mol. The maximum Gasteiger partial charge on any atom is 0.356 e. The largest absolute Gasteiger partial charge is 0.356 e. The van der Waals surface area contributed by atoms with E-state index in [1.54, 1.807) is 11.4 Å². The van der Waals surface area contributed by atoms with Crippen molar-refractivity contribution in [2.45, 2.75) is 40.2 Å². The Bertz CT molecular complexity index is 948. The quantitative estimate of drug-likeness (QED) is 0.559. The second-order valence-electron chi connectivity index (χ2n) is 6.39. The van der Waals surface area contributed by atoms with Crippen LogP contribution in [0.3, 0.4) is 0 Å². The van der Waals surface area contributed by atoms with E-state index in [4.69, 9.17) is 4.84 Å². The van der Waals surface area contributed by atoms with E-state index in [-0.39, 0.29) is 11.6 Å². The summed E-state index contributed by atoms with van der Waals surface area (Å²) in [6.07, 6.45) is 3.21. The van der Waals surface area contributed by atoms with Gasteiger partial charge in [0.25, 0.3) is 5.95 Å². The molecule has 0 unspecified atom stereocenters. The fourth-order valence-corrected chi connectivity index (χ4v) is 3.14. The Morgan fingerprint density at radius 2 is 1.64 bits per heavy atom. The number of para-hydroxylation sites is 1. The van der Waals surface area contributed by atoms with Crippen LogP contribution >= 0.6 is 0 Å².